The Morgan fingerprint density at radius 1 is 1.14 bits per heavy atom. The van der Waals surface area contributed by atoms with Crippen LogP contribution in [-0.2, 0) is 14.6 Å². The number of nitrogens with one attached hydrogen (secondary N) is 1. The van der Waals surface area contributed by atoms with Gasteiger partial charge in [-0.05, 0) is 27.7 Å². The third-order valence-corrected chi connectivity index (χ3v) is 4.48. The van der Waals surface area contributed by atoms with E-state index in [9.17, 15) is 18.2 Å². The van der Waals surface area contributed by atoms with Crippen molar-refractivity contribution < 1.29 is 44.3 Å². The molecule has 1 aliphatic rings. The van der Waals surface area contributed by atoms with Crippen LogP contribution in [0, 0.1) is 0 Å². The summed E-state index contributed by atoms with van der Waals surface area (Å²) in [7, 11) is 3.14. The third-order valence-electron chi connectivity index (χ3n) is 4.07. The van der Waals surface area contributed by atoms with Crippen molar-refractivity contribution in [2.75, 3.05) is 28.3 Å². The molecule has 0 aromatic heterocycles. The van der Waals surface area contributed by atoms with Gasteiger partial charge in [-0.1, -0.05) is 0 Å². The summed E-state index contributed by atoms with van der Waals surface area (Å²) in [6, 6.07) is 0.630. The van der Waals surface area contributed by atoms with Crippen LogP contribution in [0.2, 0.25) is 0 Å². The zero-order valence-electron chi connectivity index (χ0n) is 14.8. The number of rotatable bonds is 2. The van der Waals surface area contributed by atoms with Gasteiger partial charge in [-0.3, -0.25) is 4.18 Å². The molecule has 0 aromatic rings. The van der Waals surface area contributed by atoms with Gasteiger partial charge in [-0.25, -0.2) is 13.6 Å². The van der Waals surface area contributed by atoms with Crippen molar-refractivity contribution in [2.45, 2.75) is 57.7 Å². The van der Waals surface area contributed by atoms with Crippen molar-refractivity contribution in [3.63, 3.8) is 0 Å². The van der Waals surface area contributed by atoms with Gasteiger partial charge in [-0.2, -0.15) is 5.06 Å². The molecule has 1 heterocycles. The quantitative estimate of drug-likeness (QED) is 0.306. The highest BCUT2D eigenvalue weighted by molar-refractivity contribution is 7.80. The smallest absolute Gasteiger partial charge is 0.217 e. The average molecular weight is 363 g/mol. The van der Waals surface area contributed by atoms with Crippen molar-refractivity contribution in [1.82, 2.24) is 0 Å². The van der Waals surface area contributed by atoms with Gasteiger partial charge < -0.3 is 21.4 Å². The number of hydroxylamine groups is 2. The minimum Gasteiger partial charge on any atom is -1.00 e. The standard InChI is InChI=1S/C12H27N2O.CH4O4S.ClH/c1-11(2)8-10(14(5,6)7)9-12(3,4)13(11)15;1-5-6(2,3)4;/h10,15H,8-9H2,1-7H3;1H3,(H,2,3,4);1H/q+1;;/p-1. The Balaban J connectivity index is 0. The summed E-state index contributed by atoms with van der Waals surface area (Å²) < 4.78 is 32.0. The van der Waals surface area contributed by atoms with Crippen LogP contribution in [0.25, 0.3) is 0 Å². The van der Waals surface area contributed by atoms with E-state index >= 15 is 0 Å². The summed E-state index contributed by atoms with van der Waals surface area (Å²) in [4.78, 5) is 0. The Hall–Kier alpha value is 0.0400. The van der Waals surface area contributed by atoms with Crippen LogP contribution < -0.4 is 17.5 Å². The fourth-order valence-corrected chi connectivity index (χ4v) is 2.91. The first-order valence-electron chi connectivity index (χ1n) is 6.92. The Bertz CT molecular complexity index is 428. The monoisotopic (exact) mass is 362 g/mol. The fourth-order valence-electron chi connectivity index (χ4n) is 2.91. The largest absolute Gasteiger partial charge is 1.00 e. The highest BCUT2D eigenvalue weighted by Gasteiger charge is 2.53. The highest BCUT2D eigenvalue weighted by atomic mass is 35.5. The summed E-state index contributed by atoms with van der Waals surface area (Å²) in [6.45, 7) is 8.63. The van der Waals surface area contributed by atoms with Gasteiger partial charge in [0.15, 0.2) is 0 Å². The van der Waals surface area contributed by atoms with Crippen LogP contribution in [0.5, 0.6) is 0 Å². The van der Waals surface area contributed by atoms with E-state index in [0.29, 0.717) is 11.1 Å². The van der Waals surface area contributed by atoms with Crippen molar-refractivity contribution in [3.05, 3.63) is 0 Å². The Labute approximate surface area is 141 Å². The normalized spacial score (nSPS) is 27.2. The third kappa shape index (κ3) is 7.54. The van der Waals surface area contributed by atoms with Crippen LogP contribution in [0.3, 0.4) is 0 Å². The molecule has 0 bridgehead atoms. The van der Waals surface area contributed by atoms with Crippen LogP contribution in [0.4, 0.5) is 0 Å². The molecule has 136 valence electrons. The molecule has 0 radical (unpaired) electrons. The SMILES string of the molecule is CC1(C)CC([N+](C)(C)C)CC(C)(C)[NH+]1O.COS(=O)(=O)[O-].[Cl-]. The van der Waals surface area contributed by atoms with Gasteiger partial charge in [-0.15, -0.1) is 0 Å². The van der Waals surface area contributed by atoms with Crippen molar-refractivity contribution in [2.24, 2.45) is 0 Å². The second-order valence-electron chi connectivity index (χ2n) is 7.87. The van der Waals surface area contributed by atoms with E-state index in [-0.39, 0.29) is 23.5 Å². The van der Waals surface area contributed by atoms with Gasteiger partial charge in [0.1, 0.15) is 17.1 Å². The van der Waals surface area contributed by atoms with Gasteiger partial charge in [0.05, 0.1) is 41.1 Å². The molecule has 0 spiro atoms. The molecule has 0 unspecified atom stereocenters. The van der Waals surface area contributed by atoms with E-state index in [1.165, 1.54) is 0 Å². The molecular weight excluding hydrogens is 332 g/mol. The molecule has 1 aliphatic heterocycles. The Morgan fingerprint density at radius 3 is 1.59 bits per heavy atom. The minimum atomic E-state index is -4.41. The topological polar surface area (TPSA) is 91.1 Å². The maximum absolute atomic E-state index is 10.3. The molecule has 22 heavy (non-hydrogen) atoms. The van der Waals surface area contributed by atoms with E-state index in [4.69, 9.17) is 0 Å². The number of piperidine rings is 1. The number of nitrogens with zero attached hydrogens (tertiary/aromatic N) is 1. The molecule has 9 heteroatoms. The first-order valence-corrected chi connectivity index (χ1v) is 8.26. The zero-order valence-corrected chi connectivity index (χ0v) is 16.4. The van der Waals surface area contributed by atoms with E-state index in [0.717, 1.165) is 24.4 Å². The van der Waals surface area contributed by atoms with E-state index in [1.807, 2.05) is 0 Å². The van der Waals surface area contributed by atoms with Gasteiger partial charge >= 0.3 is 0 Å². The second-order valence-corrected chi connectivity index (χ2v) is 9.02. The van der Waals surface area contributed by atoms with E-state index in [2.05, 4.69) is 53.0 Å². The minimum absolute atomic E-state index is 0. The van der Waals surface area contributed by atoms with Gasteiger partial charge in [0.25, 0.3) is 0 Å². The molecule has 0 amide bonds. The van der Waals surface area contributed by atoms with Crippen molar-refractivity contribution >= 4 is 10.4 Å². The molecule has 1 fully saturated rings. The lowest BCUT2D eigenvalue weighted by Crippen LogP contribution is -3.25. The van der Waals surface area contributed by atoms with Gasteiger partial charge in [0, 0.05) is 0 Å². The second kappa shape index (κ2) is 7.74. The lowest BCUT2D eigenvalue weighted by Gasteiger charge is -2.50. The average Bonchev–Trinajstić information content (AvgIpc) is 2.23. The zero-order chi connectivity index (χ0) is 17.3. The van der Waals surface area contributed by atoms with Crippen molar-refractivity contribution in [1.29, 1.82) is 0 Å². The number of quaternary nitrogens is 2. The molecule has 0 atom stereocenters. The molecule has 0 aliphatic carbocycles. The summed E-state index contributed by atoms with van der Waals surface area (Å²) >= 11 is 0. The van der Waals surface area contributed by atoms with Crippen molar-refractivity contribution in [3.8, 4) is 0 Å². The first kappa shape index (κ1) is 24.3. The lowest BCUT2D eigenvalue weighted by molar-refractivity contribution is -1.17. The molecule has 1 saturated heterocycles. The van der Waals surface area contributed by atoms with Crippen LogP contribution in [-0.4, -0.2) is 68.0 Å². The Kier molecular flexibility index (Phi) is 8.55. The molecule has 0 saturated carbocycles. The van der Waals surface area contributed by atoms with E-state index < -0.39 is 10.4 Å². The summed E-state index contributed by atoms with van der Waals surface area (Å²) in [5.74, 6) is 0. The predicted octanol–water partition coefficient (Wildman–Crippen LogP) is -3.22. The fraction of sp³-hybridized carbons (Fsp3) is 1.00. The number of hydrogen-bond acceptors (Lipinski definition) is 5. The highest BCUT2D eigenvalue weighted by Crippen LogP contribution is 2.28. The molecule has 2 N–H and O–H groups in total. The van der Waals surface area contributed by atoms with E-state index in [1.54, 1.807) is 0 Å². The molecule has 7 nitrogen and oxygen atoms in total. The lowest BCUT2D eigenvalue weighted by atomic mass is 9.78. The number of hydrogen-bond donors (Lipinski definition) is 2. The van der Waals surface area contributed by atoms with Gasteiger partial charge in [0.2, 0.25) is 10.4 Å². The van der Waals surface area contributed by atoms with Crippen LogP contribution in [0.15, 0.2) is 0 Å². The predicted molar refractivity (Wildman–Crippen MR) is 78.7 cm³/mol. The summed E-state index contributed by atoms with van der Waals surface area (Å²) in [6.07, 6.45) is 2.15. The molecule has 0 aromatic carbocycles. The molecular formula is C13H31ClN2O5S. The Morgan fingerprint density at radius 2 is 1.41 bits per heavy atom. The van der Waals surface area contributed by atoms with Crippen LogP contribution in [0.1, 0.15) is 40.5 Å². The number of halogens is 1. The first-order chi connectivity index (χ1) is 9.03. The maximum Gasteiger partial charge on any atom is 0.217 e. The molecule has 1 rings (SSSR count). The van der Waals surface area contributed by atoms with Crippen LogP contribution >= 0.6 is 0 Å². The summed E-state index contributed by atoms with van der Waals surface area (Å²) in [5.41, 5.74) is -0.0874. The maximum atomic E-state index is 10.3. The summed E-state index contributed by atoms with van der Waals surface area (Å²) in [5, 5.41) is 10.9.